The first-order chi connectivity index (χ1) is 5.20. The van der Waals surface area contributed by atoms with Crippen LogP contribution in [0.5, 0.6) is 0 Å². The Kier molecular flexibility index (Phi) is 70.5. The first-order valence-electron chi connectivity index (χ1n) is 1.95. The molecular weight excluding hydrogens is 511 g/mol. The predicted molar refractivity (Wildman–Crippen MR) is 35.6 cm³/mol. The van der Waals surface area contributed by atoms with Gasteiger partial charge in [0.1, 0.15) is 0 Å². The van der Waals surface area contributed by atoms with Crippen molar-refractivity contribution in [1.29, 1.82) is 0 Å². The number of hydrogen-bond donors (Lipinski definition) is 6. The second kappa shape index (κ2) is 29.3. The third kappa shape index (κ3) is 12600. The Morgan fingerprint density at radius 1 is 0.533 bits per heavy atom. The van der Waals surface area contributed by atoms with Gasteiger partial charge in [0.25, 0.3) is 0 Å². The molecule has 0 aromatic carbocycles. The van der Waals surface area contributed by atoms with Crippen molar-refractivity contribution >= 4 is 18.5 Å². The van der Waals surface area contributed by atoms with Crippen LogP contribution in [-0.4, -0.2) is 54.6 Å². The van der Waals surface area contributed by atoms with Crippen LogP contribution in [0.1, 0.15) is 0 Å². The molecule has 0 aliphatic heterocycles. The molecule has 15 heavy (non-hydrogen) atoms. The summed E-state index contributed by atoms with van der Waals surface area (Å²) in [7, 11) is 0. The Hall–Kier alpha value is 0.419. The van der Waals surface area contributed by atoms with Gasteiger partial charge in [0, 0.05) is 79.9 Å². The van der Waals surface area contributed by atoms with Gasteiger partial charge in [-0.05, 0) is 0 Å². The Balaban J connectivity index is -0.0000000184. The Bertz CT molecular complexity index is 116. The molecule has 0 spiro atoms. The topological polar surface area (TPSA) is 204 Å². The van der Waals surface area contributed by atoms with E-state index in [4.69, 9.17) is 45.0 Å². The number of carboxylic acid groups (broad SMARTS) is 6. The van der Waals surface area contributed by atoms with Gasteiger partial charge < -0.3 is 36.1 Å². The fourth-order valence-electron chi connectivity index (χ4n) is 0. The van der Waals surface area contributed by atoms with Crippen molar-refractivity contribution in [3.05, 3.63) is 0 Å². The van der Waals surface area contributed by atoms with E-state index < -0.39 is 18.5 Å². The van der Waals surface area contributed by atoms with Crippen molar-refractivity contribution < 1.29 is 130 Å². The first-order valence-corrected chi connectivity index (χ1v) is 1.95. The summed E-state index contributed by atoms with van der Waals surface area (Å²) in [6.07, 6.45) is -5.50. The fourth-order valence-corrected chi connectivity index (χ4v) is 0. The van der Waals surface area contributed by atoms with Gasteiger partial charge in [-0.3, -0.25) is 0 Å². The zero-order chi connectivity index (χ0) is 10.7. The average molecular weight is 519 g/mol. The van der Waals surface area contributed by atoms with Crippen LogP contribution in [0.2, 0.25) is 0 Å². The van der Waals surface area contributed by atoms with E-state index in [-0.39, 0.29) is 85.4 Å². The van der Waals surface area contributed by atoms with Crippen LogP contribution in [0, 0.1) is 79.9 Å². The van der Waals surface area contributed by atoms with Crippen molar-refractivity contribution in [3.8, 4) is 0 Å². The predicted octanol–water partition coefficient (Wildman–Crippen LogP) is -0.157. The summed E-state index contributed by atoms with van der Waals surface area (Å²) in [5.74, 6) is 0. The van der Waals surface area contributed by atoms with Crippen LogP contribution < -0.4 is 0 Å². The van der Waals surface area contributed by atoms with E-state index in [2.05, 4.69) is 0 Å². The fraction of sp³-hybridized carbons (Fsp3) is 0. The normalized spacial score (nSPS) is 4.80. The monoisotopic (exact) mass is 520 g/mol. The summed E-state index contributed by atoms with van der Waals surface area (Å²) in [6.45, 7) is 0. The van der Waals surface area contributed by atoms with E-state index in [9.17, 15) is 0 Å². The molecule has 0 radical (unpaired) electrons. The molecule has 0 aromatic rings. The molecule has 0 saturated heterocycles. The zero-order valence-electron chi connectivity index (χ0n) is 6.62. The van der Waals surface area contributed by atoms with Gasteiger partial charge in [-0.2, -0.15) is 0 Å². The van der Waals surface area contributed by atoms with Crippen LogP contribution >= 0.6 is 0 Å². The SMILES string of the molecule is O.O=C(O)O.O=C(O)O.O=C(O)O.[Gd].[Gd]. The van der Waals surface area contributed by atoms with E-state index in [1.54, 1.807) is 0 Å². The van der Waals surface area contributed by atoms with Crippen LogP contribution in [-0.2, 0) is 0 Å². The molecule has 0 rings (SSSR count). The van der Waals surface area contributed by atoms with Gasteiger partial charge in [0.05, 0.1) is 0 Å². The first kappa shape index (κ1) is 36.1. The number of hydrogen-bond acceptors (Lipinski definition) is 3. The second-order valence-corrected chi connectivity index (χ2v) is 0.848. The third-order valence-corrected chi connectivity index (χ3v) is 0. The molecular formula is C3H8Gd2O10. The maximum absolute atomic E-state index is 8.56. The van der Waals surface area contributed by atoms with Gasteiger partial charge in [-0.15, -0.1) is 0 Å². The molecule has 0 bridgehead atoms. The second-order valence-electron chi connectivity index (χ2n) is 0.848. The van der Waals surface area contributed by atoms with Crippen LogP contribution in [0.15, 0.2) is 0 Å². The molecule has 0 amide bonds. The van der Waals surface area contributed by atoms with Gasteiger partial charge in [0.15, 0.2) is 0 Å². The summed E-state index contributed by atoms with van der Waals surface area (Å²) >= 11 is 0. The molecule has 0 atom stereocenters. The Labute approximate surface area is 147 Å². The van der Waals surface area contributed by atoms with E-state index in [1.807, 2.05) is 0 Å². The summed E-state index contributed by atoms with van der Waals surface area (Å²) in [5, 5.41) is 41.8. The average Bonchev–Trinajstić information content (AvgIpc) is 1.54. The van der Waals surface area contributed by atoms with Crippen LogP contribution in [0.25, 0.3) is 0 Å². The largest absolute Gasteiger partial charge is 0.503 e. The van der Waals surface area contributed by atoms with Crippen molar-refractivity contribution in [2.45, 2.75) is 0 Å². The molecule has 10 nitrogen and oxygen atoms in total. The van der Waals surface area contributed by atoms with Crippen molar-refractivity contribution in [2.75, 3.05) is 0 Å². The third-order valence-electron chi connectivity index (χ3n) is 0. The van der Waals surface area contributed by atoms with Crippen molar-refractivity contribution in [1.82, 2.24) is 0 Å². The minimum atomic E-state index is -1.83. The summed E-state index contributed by atoms with van der Waals surface area (Å²) in [4.78, 5) is 25.7. The molecule has 8 N–H and O–H groups in total. The van der Waals surface area contributed by atoms with Crippen molar-refractivity contribution in [3.63, 3.8) is 0 Å². The summed E-state index contributed by atoms with van der Waals surface area (Å²) in [5.41, 5.74) is 0. The molecule has 0 aliphatic carbocycles. The van der Waals surface area contributed by atoms with Crippen LogP contribution in [0.4, 0.5) is 14.4 Å². The minimum Gasteiger partial charge on any atom is -0.450 e. The summed E-state index contributed by atoms with van der Waals surface area (Å²) in [6, 6.07) is 0. The molecule has 0 unspecified atom stereocenters. The molecule has 12 heteroatoms. The van der Waals surface area contributed by atoms with E-state index >= 15 is 0 Å². The molecule has 0 saturated carbocycles. The summed E-state index contributed by atoms with van der Waals surface area (Å²) < 4.78 is 0. The molecule has 0 aliphatic rings. The van der Waals surface area contributed by atoms with Gasteiger partial charge in [-0.1, -0.05) is 0 Å². The molecule has 0 fully saturated rings. The number of carbonyl (C=O) groups is 3. The van der Waals surface area contributed by atoms with Gasteiger partial charge in [-0.25, -0.2) is 14.4 Å². The van der Waals surface area contributed by atoms with E-state index in [0.29, 0.717) is 0 Å². The van der Waals surface area contributed by atoms with Crippen molar-refractivity contribution in [2.24, 2.45) is 0 Å². The van der Waals surface area contributed by atoms with Crippen LogP contribution in [0.3, 0.4) is 0 Å². The Morgan fingerprint density at radius 3 is 0.533 bits per heavy atom. The van der Waals surface area contributed by atoms with E-state index in [1.165, 1.54) is 0 Å². The van der Waals surface area contributed by atoms with Gasteiger partial charge in [0.2, 0.25) is 0 Å². The smallest absolute Gasteiger partial charge is 0.450 e. The molecule has 0 heterocycles. The molecule has 96 valence electrons. The zero-order valence-corrected chi connectivity index (χ0v) is 11.2. The maximum atomic E-state index is 8.56. The number of rotatable bonds is 0. The Morgan fingerprint density at radius 2 is 0.533 bits per heavy atom. The quantitative estimate of drug-likeness (QED) is 0.252. The van der Waals surface area contributed by atoms with E-state index in [0.717, 1.165) is 0 Å². The standard InChI is InChI=1S/3CH2O3.2Gd.H2O/c3*2-1(3)4;;;/h3*(H2,2,3,4);;;1H2. The maximum Gasteiger partial charge on any atom is 0.503 e. The minimum absolute atomic E-state index is 0. The van der Waals surface area contributed by atoms with Gasteiger partial charge >= 0.3 is 18.5 Å². The molecule has 0 aromatic heterocycles.